The smallest absolute Gasteiger partial charge is 0.0792 e. The molecule has 0 saturated heterocycles. The lowest BCUT2D eigenvalue weighted by molar-refractivity contribution is 0.0721. The first-order valence-electron chi connectivity index (χ1n) is 4.81. The Morgan fingerprint density at radius 2 is 1.29 bits per heavy atom. The van der Waals surface area contributed by atoms with Crippen LogP contribution >= 0.6 is 0 Å². The first-order valence-corrected chi connectivity index (χ1v) is 4.81. The summed E-state index contributed by atoms with van der Waals surface area (Å²) in [4.78, 5) is 0. The molecule has 2 atom stereocenters. The van der Waals surface area contributed by atoms with E-state index >= 15 is 0 Å². The van der Waals surface area contributed by atoms with Crippen LogP contribution in [0.5, 0.6) is 0 Å². The summed E-state index contributed by atoms with van der Waals surface area (Å²) < 4.78 is 0. The monoisotopic (exact) mass is 210 g/mol. The highest BCUT2D eigenvalue weighted by molar-refractivity contribution is 4.48. The van der Waals surface area contributed by atoms with Crippen LogP contribution in [0.15, 0.2) is 0 Å². The van der Waals surface area contributed by atoms with Gasteiger partial charge >= 0.3 is 0 Å². The average Bonchev–Trinajstić information content (AvgIpc) is 2.19. The van der Waals surface area contributed by atoms with Gasteiger partial charge in [-0.15, -0.1) is 0 Å². The third-order valence-electron chi connectivity index (χ3n) is 1.51. The summed E-state index contributed by atoms with van der Waals surface area (Å²) in [5, 5.41) is 41.5. The molecule has 0 aromatic heterocycles. The largest absolute Gasteiger partial charge is 0.396 e. The first-order chi connectivity index (χ1) is 6.62. The van der Waals surface area contributed by atoms with Gasteiger partial charge in [-0.05, 0) is 12.8 Å². The summed E-state index contributed by atoms with van der Waals surface area (Å²) >= 11 is 0. The Kier molecular flexibility index (Phi) is 14.8. The molecular formula is C9H22O5. The summed E-state index contributed by atoms with van der Waals surface area (Å²) in [6.45, 7) is 1.54. The fourth-order valence-corrected chi connectivity index (χ4v) is 0.665. The molecule has 0 aliphatic carbocycles. The molecule has 0 saturated carbocycles. The average molecular weight is 210 g/mol. The van der Waals surface area contributed by atoms with Gasteiger partial charge in [-0.3, -0.25) is 0 Å². The van der Waals surface area contributed by atoms with Crippen LogP contribution in [0, 0.1) is 0 Å². The minimum Gasteiger partial charge on any atom is -0.396 e. The molecule has 0 rings (SSSR count). The van der Waals surface area contributed by atoms with Crippen molar-refractivity contribution in [2.24, 2.45) is 0 Å². The second-order valence-corrected chi connectivity index (χ2v) is 2.97. The molecule has 14 heavy (non-hydrogen) atoms. The van der Waals surface area contributed by atoms with E-state index in [0.717, 1.165) is 6.42 Å². The molecule has 0 radical (unpaired) electrons. The molecule has 0 heterocycles. The molecule has 0 amide bonds. The van der Waals surface area contributed by atoms with Crippen molar-refractivity contribution in [2.45, 2.75) is 38.4 Å². The Hall–Kier alpha value is -0.200. The van der Waals surface area contributed by atoms with Crippen LogP contribution in [0.25, 0.3) is 0 Å². The molecule has 0 spiro atoms. The van der Waals surface area contributed by atoms with Crippen molar-refractivity contribution in [1.29, 1.82) is 0 Å². The Bertz CT molecular complexity index is 87.2. The van der Waals surface area contributed by atoms with Crippen molar-refractivity contribution in [3.63, 3.8) is 0 Å². The van der Waals surface area contributed by atoms with Crippen LogP contribution in [0.4, 0.5) is 0 Å². The number of hydrogen-bond acceptors (Lipinski definition) is 5. The van der Waals surface area contributed by atoms with Gasteiger partial charge in [-0.1, -0.05) is 13.3 Å². The molecule has 0 aromatic rings. The summed E-state index contributed by atoms with van der Waals surface area (Å²) in [6, 6.07) is 0. The normalized spacial score (nSPS) is 14.1. The van der Waals surface area contributed by atoms with Crippen molar-refractivity contribution in [3.05, 3.63) is 0 Å². The first kappa shape index (κ1) is 16.2. The van der Waals surface area contributed by atoms with E-state index in [9.17, 15) is 0 Å². The van der Waals surface area contributed by atoms with Crippen molar-refractivity contribution in [1.82, 2.24) is 0 Å². The standard InChI is InChI=1S/C5H12O2.C4H10O3/c1-2-3-5(7)4-6;5-2-1-4(7)3-6/h5-7H,2-4H2,1H3;4-7H,1-3H2. The number of rotatable bonds is 6. The second kappa shape index (κ2) is 12.8. The third kappa shape index (κ3) is 14.3. The van der Waals surface area contributed by atoms with E-state index in [0.29, 0.717) is 6.42 Å². The van der Waals surface area contributed by atoms with Gasteiger partial charge in [0, 0.05) is 6.61 Å². The molecule has 0 aliphatic heterocycles. The van der Waals surface area contributed by atoms with Gasteiger partial charge in [0.1, 0.15) is 0 Å². The van der Waals surface area contributed by atoms with Gasteiger partial charge in [-0.2, -0.15) is 0 Å². The highest BCUT2D eigenvalue weighted by atomic mass is 16.3. The summed E-state index contributed by atoms with van der Waals surface area (Å²) in [5.74, 6) is 0. The predicted octanol–water partition coefficient (Wildman–Crippen LogP) is -1.14. The molecule has 0 bridgehead atoms. The lowest BCUT2D eigenvalue weighted by Crippen LogP contribution is -2.12. The van der Waals surface area contributed by atoms with Crippen molar-refractivity contribution >= 4 is 0 Å². The van der Waals surface area contributed by atoms with Gasteiger partial charge in [0.05, 0.1) is 25.4 Å². The number of hydrogen-bond donors (Lipinski definition) is 5. The highest BCUT2D eigenvalue weighted by Gasteiger charge is 1.97. The quantitative estimate of drug-likeness (QED) is 0.381. The van der Waals surface area contributed by atoms with E-state index in [1.165, 1.54) is 0 Å². The van der Waals surface area contributed by atoms with Crippen LogP contribution in [0.3, 0.4) is 0 Å². The fraction of sp³-hybridized carbons (Fsp3) is 1.00. The minimum absolute atomic E-state index is 0.0677. The predicted molar refractivity (Wildman–Crippen MR) is 52.8 cm³/mol. The van der Waals surface area contributed by atoms with Crippen molar-refractivity contribution in [2.75, 3.05) is 19.8 Å². The van der Waals surface area contributed by atoms with E-state index in [-0.39, 0.29) is 26.2 Å². The molecule has 5 nitrogen and oxygen atoms in total. The van der Waals surface area contributed by atoms with Crippen LogP contribution in [-0.4, -0.2) is 57.6 Å². The summed E-state index contributed by atoms with van der Waals surface area (Å²) in [6.07, 6.45) is 0.657. The van der Waals surface area contributed by atoms with Gasteiger partial charge in [0.25, 0.3) is 0 Å². The Balaban J connectivity index is 0. The van der Waals surface area contributed by atoms with Crippen molar-refractivity contribution < 1.29 is 25.5 Å². The molecule has 0 fully saturated rings. The van der Waals surface area contributed by atoms with Crippen LogP contribution in [0.2, 0.25) is 0 Å². The maximum atomic E-state index is 8.61. The Morgan fingerprint density at radius 1 is 0.857 bits per heavy atom. The highest BCUT2D eigenvalue weighted by Crippen LogP contribution is 1.92. The molecule has 88 valence electrons. The molecule has 0 aromatic carbocycles. The maximum Gasteiger partial charge on any atom is 0.0792 e. The number of aliphatic hydroxyl groups is 5. The van der Waals surface area contributed by atoms with Gasteiger partial charge < -0.3 is 25.5 Å². The molecule has 2 unspecified atom stereocenters. The molecular weight excluding hydrogens is 188 g/mol. The van der Waals surface area contributed by atoms with Gasteiger partial charge in [-0.25, -0.2) is 0 Å². The summed E-state index contributed by atoms with van der Waals surface area (Å²) in [5.41, 5.74) is 0. The van der Waals surface area contributed by atoms with E-state index in [1.807, 2.05) is 6.92 Å². The van der Waals surface area contributed by atoms with Gasteiger partial charge in [0.2, 0.25) is 0 Å². The molecule has 5 heteroatoms. The van der Waals surface area contributed by atoms with Gasteiger partial charge in [0.15, 0.2) is 0 Å². The van der Waals surface area contributed by atoms with Crippen LogP contribution in [0.1, 0.15) is 26.2 Å². The van der Waals surface area contributed by atoms with Crippen LogP contribution < -0.4 is 0 Å². The minimum atomic E-state index is -0.745. The zero-order chi connectivity index (χ0) is 11.4. The fourth-order valence-electron chi connectivity index (χ4n) is 0.665. The lowest BCUT2D eigenvalue weighted by atomic mass is 10.2. The maximum absolute atomic E-state index is 8.61. The zero-order valence-corrected chi connectivity index (χ0v) is 8.63. The van der Waals surface area contributed by atoms with Crippen LogP contribution in [-0.2, 0) is 0 Å². The second-order valence-electron chi connectivity index (χ2n) is 2.97. The lowest BCUT2D eigenvalue weighted by Gasteiger charge is -2.01. The van der Waals surface area contributed by atoms with Crippen molar-refractivity contribution in [3.8, 4) is 0 Å². The van der Waals surface area contributed by atoms with E-state index < -0.39 is 12.2 Å². The third-order valence-corrected chi connectivity index (χ3v) is 1.51. The molecule has 5 N–H and O–H groups in total. The Morgan fingerprint density at radius 3 is 1.43 bits per heavy atom. The van der Waals surface area contributed by atoms with E-state index in [1.54, 1.807) is 0 Å². The Labute approximate surface area is 84.6 Å². The topological polar surface area (TPSA) is 101 Å². The zero-order valence-electron chi connectivity index (χ0n) is 8.63. The summed E-state index contributed by atoms with van der Waals surface area (Å²) in [7, 11) is 0. The number of aliphatic hydroxyl groups excluding tert-OH is 5. The van der Waals surface area contributed by atoms with E-state index in [4.69, 9.17) is 25.5 Å². The SMILES string of the molecule is CCCC(O)CO.OCCC(O)CO. The van der Waals surface area contributed by atoms with E-state index in [2.05, 4.69) is 0 Å². The molecule has 0 aliphatic rings.